The first-order valence-corrected chi connectivity index (χ1v) is 12.6. The summed E-state index contributed by atoms with van der Waals surface area (Å²) in [5, 5.41) is 22.7. The minimum atomic E-state index is -3.77. The molecule has 5 rings (SSSR count). The lowest BCUT2D eigenvalue weighted by Gasteiger charge is -2.39. The van der Waals surface area contributed by atoms with Gasteiger partial charge in [-0.25, -0.2) is 8.42 Å². The van der Waals surface area contributed by atoms with E-state index in [0.29, 0.717) is 24.3 Å². The number of sulfonamides is 1. The van der Waals surface area contributed by atoms with E-state index in [0.717, 1.165) is 22.4 Å². The van der Waals surface area contributed by atoms with Crippen LogP contribution in [0.3, 0.4) is 0 Å². The zero-order valence-electron chi connectivity index (χ0n) is 18.7. The van der Waals surface area contributed by atoms with Crippen LogP contribution in [0.25, 0.3) is 11.1 Å². The van der Waals surface area contributed by atoms with Crippen LogP contribution in [0.1, 0.15) is 23.6 Å². The summed E-state index contributed by atoms with van der Waals surface area (Å²) in [5.41, 5.74) is 4.07. The van der Waals surface area contributed by atoms with Crippen molar-refractivity contribution in [2.45, 2.75) is 23.4 Å². The maximum atomic E-state index is 13.7. The second-order valence-corrected chi connectivity index (χ2v) is 10.5. The highest BCUT2D eigenvalue weighted by atomic mass is 32.2. The monoisotopic (exact) mass is 475 g/mol. The van der Waals surface area contributed by atoms with Gasteiger partial charge in [0.05, 0.1) is 42.3 Å². The Morgan fingerprint density at radius 3 is 2.59 bits per heavy atom. The van der Waals surface area contributed by atoms with E-state index >= 15 is 0 Å². The molecule has 0 unspecified atom stereocenters. The summed E-state index contributed by atoms with van der Waals surface area (Å²) in [5.74, 6) is 0.529. The lowest BCUT2D eigenvalue weighted by Crippen LogP contribution is -2.42. The Hall–Kier alpha value is -3.38. The molecule has 2 aliphatic rings. The highest BCUT2D eigenvalue weighted by Gasteiger charge is 2.48. The van der Waals surface area contributed by atoms with Crippen molar-refractivity contribution in [3.63, 3.8) is 0 Å². The summed E-state index contributed by atoms with van der Waals surface area (Å²) in [4.78, 5) is 0.215. The van der Waals surface area contributed by atoms with Gasteiger partial charge in [-0.1, -0.05) is 18.2 Å². The van der Waals surface area contributed by atoms with Crippen molar-refractivity contribution in [2.75, 3.05) is 25.6 Å². The van der Waals surface area contributed by atoms with Crippen LogP contribution >= 0.6 is 0 Å². The molecule has 174 valence electrons. The van der Waals surface area contributed by atoms with Crippen molar-refractivity contribution in [2.24, 2.45) is 5.92 Å². The number of aliphatic hydroxyl groups is 1. The lowest BCUT2D eigenvalue weighted by molar-refractivity contribution is 0.210. The lowest BCUT2D eigenvalue weighted by atomic mass is 9.82. The molecule has 7 nitrogen and oxygen atoms in total. The van der Waals surface area contributed by atoms with Gasteiger partial charge in [-0.15, -0.1) is 0 Å². The van der Waals surface area contributed by atoms with Gasteiger partial charge in [0.25, 0.3) is 0 Å². The van der Waals surface area contributed by atoms with Crippen LogP contribution < -0.4 is 10.1 Å². The molecule has 0 saturated carbocycles. The van der Waals surface area contributed by atoms with Crippen molar-refractivity contribution in [1.29, 1.82) is 5.26 Å². The average molecular weight is 476 g/mol. The largest absolute Gasteiger partial charge is 0.497 e. The number of hydrogen-bond donors (Lipinski definition) is 2. The molecule has 3 atom stereocenters. The van der Waals surface area contributed by atoms with Crippen molar-refractivity contribution in [3.05, 3.63) is 77.9 Å². The molecule has 1 saturated heterocycles. The topological polar surface area (TPSA) is 103 Å². The van der Waals surface area contributed by atoms with E-state index in [1.165, 1.54) is 0 Å². The van der Waals surface area contributed by atoms with Gasteiger partial charge in [-0.3, -0.25) is 0 Å². The maximum Gasteiger partial charge on any atom is 0.243 e. The van der Waals surface area contributed by atoms with Crippen LogP contribution in [0, 0.1) is 17.2 Å². The molecular formula is C26H25N3O4S. The van der Waals surface area contributed by atoms with Crippen molar-refractivity contribution in [3.8, 4) is 22.9 Å². The van der Waals surface area contributed by atoms with Gasteiger partial charge in [-0.2, -0.15) is 9.57 Å². The SMILES string of the molecule is COc1ccc(S(=O)(=O)N2CC[C@H]3[C@H](CO)Nc4ccc(-c5cccc(C#N)c5)cc4[C@H]32)cc1. The van der Waals surface area contributed by atoms with Gasteiger partial charge in [0.15, 0.2) is 0 Å². The molecule has 0 amide bonds. The van der Waals surface area contributed by atoms with Gasteiger partial charge in [0, 0.05) is 18.2 Å². The van der Waals surface area contributed by atoms with E-state index < -0.39 is 16.1 Å². The van der Waals surface area contributed by atoms with Gasteiger partial charge >= 0.3 is 0 Å². The Labute approximate surface area is 199 Å². The number of aliphatic hydroxyl groups excluding tert-OH is 1. The minimum Gasteiger partial charge on any atom is -0.497 e. The number of hydrogen-bond acceptors (Lipinski definition) is 6. The highest BCUT2D eigenvalue weighted by molar-refractivity contribution is 7.89. The molecule has 2 aliphatic heterocycles. The van der Waals surface area contributed by atoms with E-state index in [4.69, 9.17) is 4.74 Å². The quantitative estimate of drug-likeness (QED) is 0.582. The fourth-order valence-corrected chi connectivity index (χ4v) is 6.79. The molecule has 2 heterocycles. The van der Waals surface area contributed by atoms with Crippen molar-refractivity contribution < 1.29 is 18.3 Å². The van der Waals surface area contributed by atoms with E-state index in [-0.39, 0.29) is 23.5 Å². The van der Waals surface area contributed by atoms with Crippen LogP contribution in [0.4, 0.5) is 5.69 Å². The number of anilines is 1. The predicted octanol–water partition coefficient (Wildman–Crippen LogP) is 3.77. The van der Waals surface area contributed by atoms with Crippen LogP contribution in [0.2, 0.25) is 0 Å². The summed E-state index contributed by atoms with van der Waals surface area (Å²) in [6.45, 7) is 0.290. The summed E-state index contributed by atoms with van der Waals surface area (Å²) in [6.07, 6.45) is 0.645. The maximum absolute atomic E-state index is 13.7. The molecule has 34 heavy (non-hydrogen) atoms. The van der Waals surface area contributed by atoms with Crippen LogP contribution in [0.5, 0.6) is 5.75 Å². The van der Waals surface area contributed by atoms with Gasteiger partial charge in [0.1, 0.15) is 5.75 Å². The summed E-state index contributed by atoms with van der Waals surface area (Å²) < 4.78 is 34.1. The van der Waals surface area contributed by atoms with E-state index in [9.17, 15) is 18.8 Å². The highest BCUT2D eigenvalue weighted by Crippen LogP contribution is 2.49. The Morgan fingerprint density at radius 2 is 1.88 bits per heavy atom. The molecule has 0 radical (unpaired) electrons. The Morgan fingerprint density at radius 1 is 1.12 bits per heavy atom. The molecule has 0 spiro atoms. The van der Waals surface area contributed by atoms with E-state index in [1.807, 2.05) is 36.4 Å². The first-order chi connectivity index (χ1) is 16.5. The molecule has 2 N–H and O–H groups in total. The van der Waals surface area contributed by atoms with Gasteiger partial charge in [0.2, 0.25) is 10.0 Å². The number of methoxy groups -OCH3 is 1. The Kier molecular flexibility index (Phi) is 5.78. The minimum absolute atomic E-state index is 0.0637. The van der Waals surface area contributed by atoms with Crippen molar-refractivity contribution in [1.82, 2.24) is 4.31 Å². The number of fused-ring (bicyclic) bond motifs is 3. The zero-order chi connectivity index (χ0) is 23.9. The number of nitriles is 1. The number of nitrogens with zero attached hydrogens (tertiary/aromatic N) is 2. The number of rotatable bonds is 5. The predicted molar refractivity (Wildman–Crippen MR) is 129 cm³/mol. The van der Waals surface area contributed by atoms with Gasteiger partial charge < -0.3 is 15.2 Å². The third-order valence-corrected chi connectivity index (χ3v) is 8.71. The molecule has 3 aromatic rings. The van der Waals surface area contributed by atoms with Crippen LogP contribution in [-0.2, 0) is 10.0 Å². The third kappa shape index (κ3) is 3.72. The Balaban J connectivity index is 1.59. The molecule has 1 fully saturated rings. The van der Waals surface area contributed by atoms with Crippen molar-refractivity contribution >= 4 is 15.7 Å². The number of benzene rings is 3. The first-order valence-electron chi connectivity index (χ1n) is 11.1. The fourth-order valence-electron chi connectivity index (χ4n) is 5.12. The fraction of sp³-hybridized carbons (Fsp3) is 0.269. The first kappa shape index (κ1) is 22.4. The summed E-state index contributed by atoms with van der Waals surface area (Å²) in [6, 6.07) is 21.2. The molecule has 3 aromatic carbocycles. The number of nitrogens with one attached hydrogen (secondary N) is 1. The summed E-state index contributed by atoms with van der Waals surface area (Å²) in [7, 11) is -2.23. The molecular weight excluding hydrogens is 450 g/mol. The normalized spacial score (nSPS) is 21.7. The van der Waals surface area contributed by atoms with Crippen LogP contribution in [0.15, 0.2) is 71.6 Å². The molecule has 0 bridgehead atoms. The third-order valence-electron chi connectivity index (χ3n) is 6.81. The zero-order valence-corrected chi connectivity index (χ0v) is 19.5. The molecule has 0 aliphatic carbocycles. The number of ether oxygens (including phenoxy) is 1. The van der Waals surface area contributed by atoms with E-state index in [1.54, 1.807) is 41.7 Å². The second-order valence-electron chi connectivity index (χ2n) is 8.62. The smallest absolute Gasteiger partial charge is 0.243 e. The second kappa shape index (κ2) is 8.76. The molecule has 0 aromatic heterocycles. The van der Waals surface area contributed by atoms with Crippen LogP contribution in [-0.4, -0.2) is 44.1 Å². The summed E-state index contributed by atoms with van der Waals surface area (Å²) >= 11 is 0. The average Bonchev–Trinajstić information content (AvgIpc) is 3.34. The van der Waals surface area contributed by atoms with E-state index in [2.05, 4.69) is 11.4 Å². The molecule has 8 heteroatoms. The Bertz CT molecular complexity index is 1370. The standard InChI is InChI=1S/C26H25N3O4S/c1-33-20-6-8-21(9-7-20)34(31,32)29-12-11-22-25(16-30)28-24-10-5-19(14-23(24)26(22)29)18-4-2-3-17(13-18)15-27/h2-10,13-14,22,25-26,28,30H,11-12,16H2,1H3/t22-,25-,26-/m0/s1. The van der Waals surface area contributed by atoms with Gasteiger partial charge in [-0.05, 0) is 71.6 Å².